The molecule has 0 radical (unpaired) electrons. The molecule has 71 heavy (non-hydrogen) atoms. The van der Waals surface area contributed by atoms with Crippen LogP contribution in [0.4, 0.5) is 0 Å². The summed E-state index contributed by atoms with van der Waals surface area (Å²) in [5, 5.41) is 11.3. The molecule has 15 rings (SSSR count). The molecule has 0 aliphatic rings. The number of fused-ring (bicyclic) bond motifs is 12. The van der Waals surface area contributed by atoms with Gasteiger partial charge in [0.1, 0.15) is 11.2 Å². The first-order valence-corrected chi connectivity index (χ1v) is 24.0. The van der Waals surface area contributed by atoms with Gasteiger partial charge in [0.25, 0.3) is 0 Å². The summed E-state index contributed by atoms with van der Waals surface area (Å²) in [4.78, 5) is 16.2. The molecule has 0 fully saturated rings. The van der Waals surface area contributed by atoms with Gasteiger partial charge in [0.2, 0.25) is 0 Å². The molecule has 11 aromatic carbocycles. The van der Waals surface area contributed by atoms with Gasteiger partial charge in [-0.1, -0.05) is 164 Å². The van der Waals surface area contributed by atoms with Gasteiger partial charge in [-0.15, -0.1) is 0 Å². The maximum Gasteiger partial charge on any atom is 0.164 e. The Labute approximate surface area is 407 Å². The first-order valence-electron chi connectivity index (χ1n) is 24.0. The highest BCUT2D eigenvalue weighted by Gasteiger charge is 2.24. The second-order valence-corrected chi connectivity index (χ2v) is 18.3. The minimum absolute atomic E-state index is 0.577. The second kappa shape index (κ2) is 15.4. The van der Waals surface area contributed by atoms with E-state index in [2.05, 4.69) is 221 Å². The summed E-state index contributed by atoms with van der Waals surface area (Å²) in [6.45, 7) is 0. The highest BCUT2D eigenvalue weighted by Crippen LogP contribution is 2.46. The average Bonchev–Trinajstić information content (AvgIpc) is 4.11. The molecule has 0 aliphatic heterocycles. The van der Waals surface area contributed by atoms with Crippen LogP contribution in [0.1, 0.15) is 0 Å². The third-order valence-corrected chi connectivity index (χ3v) is 14.3. The highest BCUT2D eigenvalue weighted by molar-refractivity contribution is 6.22. The molecular weight excluding hydrogens is 867 g/mol. The third kappa shape index (κ3) is 6.05. The van der Waals surface area contributed by atoms with Crippen LogP contribution in [0, 0.1) is 0 Å². The van der Waals surface area contributed by atoms with Gasteiger partial charge in [0.05, 0.1) is 27.8 Å². The van der Waals surface area contributed by atoms with Gasteiger partial charge in [-0.25, -0.2) is 15.0 Å². The molecule has 4 aromatic heterocycles. The zero-order chi connectivity index (χ0) is 46.6. The summed E-state index contributed by atoms with van der Waals surface area (Å²) < 4.78 is 11.6. The Hall–Kier alpha value is -9.65. The van der Waals surface area contributed by atoms with Crippen LogP contribution in [0.5, 0.6) is 0 Å². The molecule has 330 valence electrons. The molecule has 15 aromatic rings. The Morgan fingerprint density at radius 1 is 0.310 bits per heavy atom. The quantitative estimate of drug-likeness (QED) is 0.167. The predicted octanol–water partition coefficient (Wildman–Crippen LogP) is 16.9. The first-order chi connectivity index (χ1) is 35.2. The van der Waals surface area contributed by atoms with Crippen LogP contribution >= 0.6 is 0 Å². The lowest BCUT2D eigenvalue weighted by molar-refractivity contribution is 0.673. The van der Waals surface area contributed by atoms with E-state index in [1.807, 2.05) is 24.3 Å². The Morgan fingerprint density at radius 2 is 0.915 bits per heavy atom. The van der Waals surface area contributed by atoms with Gasteiger partial charge in [0, 0.05) is 65.6 Å². The van der Waals surface area contributed by atoms with Gasteiger partial charge >= 0.3 is 0 Å². The van der Waals surface area contributed by atoms with Crippen molar-refractivity contribution in [2.45, 2.75) is 0 Å². The monoisotopic (exact) mass is 905 g/mol. The number of hydrogen-bond acceptors (Lipinski definition) is 4. The van der Waals surface area contributed by atoms with Crippen molar-refractivity contribution in [1.82, 2.24) is 24.1 Å². The van der Waals surface area contributed by atoms with E-state index in [9.17, 15) is 0 Å². The minimum atomic E-state index is 0.577. The fourth-order valence-electron chi connectivity index (χ4n) is 11.2. The van der Waals surface area contributed by atoms with Crippen LogP contribution in [0.3, 0.4) is 0 Å². The smallest absolute Gasteiger partial charge is 0.164 e. The maximum atomic E-state index is 6.85. The number of hydrogen-bond donors (Lipinski definition) is 0. The molecular formula is C65H39N5O. The average molecular weight is 906 g/mol. The van der Waals surface area contributed by atoms with E-state index in [-0.39, 0.29) is 0 Å². The number of benzene rings is 11. The van der Waals surface area contributed by atoms with Crippen molar-refractivity contribution < 1.29 is 4.42 Å². The molecule has 0 N–H and O–H groups in total. The van der Waals surface area contributed by atoms with E-state index in [0.717, 1.165) is 105 Å². The number of rotatable bonds is 6. The predicted molar refractivity (Wildman–Crippen MR) is 293 cm³/mol. The summed E-state index contributed by atoms with van der Waals surface area (Å²) in [5.41, 5.74) is 13.1. The number of para-hydroxylation sites is 4. The lowest BCUT2D eigenvalue weighted by Gasteiger charge is -2.18. The fourth-order valence-corrected chi connectivity index (χ4v) is 11.2. The van der Waals surface area contributed by atoms with Crippen molar-refractivity contribution >= 4 is 87.1 Å². The first kappa shape index (κ1) is 39.4. The molecule has 0 bridgehead atoms. The van der Waals surface area contributed by atoms with Crippen molar-refractivity contribution in [2.24, 2.45) is 0 Å². The largest absolute Gasteiger partial charge is 0.455 e. The minimum Gasteiger partial charge on any atom is -0.455 e. The molecule has 4 heterocycles. The van der Waals surface area contributed by atoms with Crippen molar-refractivity contribution in [2.75, 3.05) is 0 Å². The summed E-state index contributed by atoms with van der Waals surface area (Å²) in [6, 6.07) is 83.9. The Bertz CT molecular complexity index is 4640. The van der Waals surface area contributed by atoms with Gasteiger partial charge < -0.3 is 13.6 Å². The normalized spacial score (nSPS) is 11.9. The van der Waals surface area contributed by atoms with Crippen LogP contribution in [0.15, 0.2) is 241 Å². The van der Waals surface area contributed by atoms with Crippen molar-refractivity contribution in [3.63, 3.8) is 0 Å². The molecule has 0 saturated carbocycles. The van der Waals surface area contributed by atoms with Crippen molar-refractivity contribution in [3.05, 3.63) is 237 Å². The Kier molecular flexibility index (Phi) is 8.56. The molecule has 0 atom stereocenters. The van der Waals surface area contributed by atoms with Crippen LogP contribution in [0.25, 0.3) is 144 Å². The van der Waals surface area contributed by atoms with Crippen LogP contribution in [-0.2, 0) is 0 Å². The van der Waals surface area contributed by atoms with E-state index in [1.54, 1.807) is 0 Å². The second-order valence-electron chi connectivity index (χ2n) is 18.3. The van der Waals surface area contributed by atoms with Crippen LogP contribution < -0.4 is 0 Å². The van der Waals surface area contributed by atoms with Crippen molar-refractivity contribution in [1.29, 1.82) is 0 Å². The molecule has 6 heteroatoms. The maximum absolute atomic E-state index is 6.85. The zero-order valence-corrected chi connectivity index (χ0v) is 38.2. The molecule has 0 spiro atoms. The summed E-state index contributed by atoms with van der Waals surface area (Å²) in [5.74, 6) is 1.78. The Morgan fingerprint density at radius 3 is 1.72 bits per heavy atom. The van der Waals surface area contributed by atoms with Gasteiger partial charge in [-0.05, 0) is 94.5 Å². The molecule has 0 aliphatic carbocycles. The Balaban J connectivity index is 1.04. The molecule has 0 saturated heterocycles. The van der Waals surface area contributed by atoms with Crippen LogP contribution in [-0.4, -0.2) is 24.1 Å². The zero-order valence-electron chi connectivity index (χ0n) is 38.2. The van der Waals surface area contributed by atoms with Crippen LogP contribution in [0.2, 0.25) is 0 Å². The standard InChI is InChI=1S/C65H39N5O/c1-3-18-40(19-4-1)63-66-64(68-65(67-63)50-29-17-32-57-60(50)48-27-12-15-31-55(48)69(57)45-23-5-2-6-24-45)44-34-35-56(70-54-30-14-11-26-47(54)51-36-41-20-7-8-21-42(41)39-58(51)70)52(38-44)53-37-43-22-9-10-25-46(43)62-61(53)49-28-13-16-33-59(49)71-62/h1-39H. The summed E-state index contributed by atoms with van der Waals surface area (Å²) in [7, 11) is 0. The van der Waals surface area contributed by atoms with Gasteiger partial charge in [-0.3, -0.25) is 0 Å². The summed E-state index contributed by atoms with van der Waals surface area (Å²) in [6.07, 6.45) is 0. The number of aromatic nitrogens is 5. The molecule has 0 unspecified atom stereocenters. The van der Waals surface area contributed by atoms with Crippen molar-refractivity contribution in [3.8, 4) is 56.7 Å². The van der Waals surface area contributed by atoms with E-state index in [1.165, 1.54) is 21.5 Å². The van der Waals surface area contributed by atoms with Gasteiger partial charge in [0.15, 0.2) is 17.5 Å². The lowest BCUT2D eigenvalue weighted by Crippen LogP contribution is -2.02. The van der Waals surface area contributed by atoms with E-state index in [4.69, 9.17) is 19.4 Å². The number of nitrogens with zero attached hydrogens (tertiary/aromatic N) is 5. The topological polar surface area (TPSA) is 61.7 Å². The van der Waals surface area contributed by atoms with E-state index in [0.29, 0.717) is 17.5 Å². The third-order valence-electron chi connectivity index (χ3n) is 14.3. The lowest BCUT2D eigenvalue weighted by atomic mass is 9.93. The highest BCUT2D eigenvalue weighted by atomic mass is 16.3. The number of furan rings is 1. The molecule has 0 amide bonds. The SMILES string of the molecule is c1ccc(-c2nc(-c3ccc(-n4c5ccccc5c5cc6ccccc6cc54)c(-c4cc5ccccc5c5oc6ccccc6c45)c3)nc(-c3cccc4c3c3ccccc3n4-c3ccccc3)n2)cc1. The summed E-state index contributed by atoms with van der Waals surface area (Å²) >= 11 is 0. The van der Waals surface area contributed by atoms with Gasteiger partial charge in [-0.2, -0.15) is 0 Å². The van der Waals surface area contributed by atoms with E-state index < -0.39 is 0 Å². The fraction of sp³-hybridized carbons (Fsp3) is 0. The van der Waals surface area contributed by atoms with E-state index >= 15 is 0 Å². The molecule has 6 nitrogen and oxygen atoms in total.